The van der Waals surface area contributed by atoms with Crippen LogP contribution in [-0.4, -0.2) is 19.7 Å². The van der Waals surface area contributed by atoms with Crippen molar-refractivity contribution < 1.29 is 0 Å². The van der Waals surface area contributed by atoms with E-state index in [0.717, 1.165) is 24.6 Å². The molecule has 0 aliphatic carbocycles. The topological polar surface area (TPSA) is 58.5 Å². The minimum atomic E-state index is 0.855. The SMILES string of the molecule is CCCn1ccnc1Nc1cn[nH]c1. The second-order valence-corrected chi connectivity index (χ2v) is 3.06. The molecule has 0 spiro atoms. The average Bonchev–Trinajstić information content (AvgIpc) is 2.80. The molecule has 0 unspecified atom stereocenters. The van der Waals surface area contributed by atoms with Crippen molar-refractivity contribution in [2.75, 3.05) is 5.32 Å². The Morgan fingerprint density at radius 2 is 2.50 bits per heavy atom. The fraction of sp³-hybridized carbons (Fsp3) is 0.333. The molecule has 0 saturated carbocycles. The lowest BCUT2D eigenvalue weighted by atomic mass is 10.5. The van der Waals surface area contributed by atoms with Crippen LogP contribution in [0.25, 0.3) is 0 Å². The van der Waals surface area contributed by atoms with Gasteiger partial charge in [0.05, 0.1) is 11.9 Å². The summed E-state index contributed by atoms with van der Waals surface area (Å²) in [5.74, 6) is 0.855. The maximum Gasteiger partial charge on any atom is 0.207 e. The summed E-state index contributed by atoms with van der Waals surface area (Å²) in [7, 11) is 0. The predicted molar refractivity (Wildman–Crippen MR) is 54.4 cm³/mol. The monoisotopic (exact) mass is 191 g/mol. The molecule has 5 nitrogen and oxygen atoms in total. The van der Waals surface area contributed by atoms with Crippen molar-refractivity contribution in [1.82, 2.24) is 19.7 Å². The van der Waals surface area contributed by atoms with Crippen LogP contribution < -0.4 is 5.32 Å². The Bertz CT molecular complexity index is 376. The molecule has 74 valence electrons. The Balaban J connectivity index is 2.12. The number of aromatic amines is 1. The van der Waals surface area contributed by atoms with Crippen LogP contribution in [-0.2, 0) is 6.54 Å². The van der Waals surface area contributed by atoms with Crippen LogP contribution in [0, 0.1) is 0 Å². The summed E-state index contributed by atoms with van der Waals surface area (Å²) >= 11 is 0. The average molecular weight is 191 g/mol. The fourth-order valence-corrected chi connectivity index (χ4v) is 1.30. The van der Waals surface area contributed by atoms with E-state index in [2.05, 4.69) is 32.0 Å². The molecule has 5 heteroatoms. The molecular weight excluding hydrogens is 178 g/mol. The van der Waals surface area contributed by atoms with Crippen LogP contribution >= 0.6 is 0 Å². The number of nitrogens with one attached hydrogen (secondary N) is 2. The van der Waals surface area contributed by atoms with Crippen LogP contribution in [0.5, 0.6) is 0 Å². The van der Waals surface area contributed by atoms with Gasteiger partial charge in [0.1, 0.15) is 0 Å². The Labute approximate surface area is 82.2 Å². The first-order chi connectivity index (χ1) is 6.90. The molecule has 2 rings (SSSR count). The van der Waals surface area contributed by atoms with E-state index in [9.17, 15) is 0 Å². The van der Waals surface area contributed by atoms with Gasteiger partial charge in [0, 0.05) is 25.1 Å². The van der Waals surface area contributed by atoms with Gasteiger partial charge >= 0.3 is 0 Å². The summed E-state index contributed by atoms with van der Waals surface area (Å²) in [6.45, 7) is 3.11. The standard InChI is InChI=1S/C9H13N5/c1-2-4-14-5-3-10-9(14)13-8-6-11-12-7-8/h3,5-7H,2,4H2,1H3,(H,10,13)(H,11,12). The predicted octanol–water partition coefficient (Wildman–Crippen LogP) is 1.76. The number of aryl methyl sites for hydroxylation is 1. The number of H-pyrrole nitrogens is 1. The number of hydrogen-bond donors (Lipinski definition) is 2. The smallest absolute Gasteiger partial charge is 0.207 e. The molecule has 0 aliphatic rings. The first-order valence-corrected chi connectivity index (χ1v) is 4.67. The highest BCUT2D eigenvalue weighted by atomic mass is 15.2. The molecule has 0 amide bonds. The second kappa shape index (κ2) is 3.95. The summed E-state index contributed by atoms with van der Waals surface area (Å²) in [5, 5.41) is 9.77. The van der Waals surface area contributed by atoms with Gasteiger partial charge in [-0.15, -0.1) is 0 Å². The van der Waals surface area contributed by atoms with E-state index in [1.165, 1.54) is 0 Å². The van der Waals surface area contributed by atoms with Gasteiger partial charge in [0.15, 0.2) is 0 Å². The minimum absolute atomic E-state index is 0.855. The van der Waals surface area contributed by atoms with E-state index < -0.39 is 0 Å². The van der Waals surface area contributed by atoms with Gasteiger partial charge in [0.25, 0.3) is 0 Å². The van der Waals surface area contributed by atoms with Gasteiger partial charge in [-0.25, -0.2) is 4.98 Å². The Kier molecular flexibility index (Phi) is 2.48. The summed E-state index contributed by atoms with van der Waals surface area (Å²) in [6.07, 6.45) is 8.37. The van der Waals surface area contributed by atoms with Crippen LogP contribution in [0.2, 0.25) is 0 Å². The Morgan fingerprint density at radius 1 is 1.57 bits per heavy atom. The summed E-state index contributed by atoms with van der Waals surface area (Å²) in [6, 6.07) is 0. The summed E-state index contributed by atoms with van der Waals surface area (Å²) in [5.41, 5.74) is 0.925. The van der Waals surface area contributed by atoms with Gasteiger partial charge in [-0.2, -0.15) is 5.10 Å². The largest absolute Gasteiger partial charge is 0.323 e. The third-order valence-electron chi connectivity index (χ3n) is 1.93. The number of anilines is 2. The Morgan fingerprint density at radius 3 is 3.21 bits per heavy atom. The molecule has 0 atom stereocenters. The Hall–Kier alpha value is -1.78. The van der Waals surface area contributed by atoms with Crippen molar-refractivity contribution in [2.24, 2.45) is 0 Å². The van der Waals surface area contributed by atoms with Crippen molar-refractivity contribution in [2.45, 2.75) is 19.9 Å². The molecule has 2 aromatic rings. The molecule has 0 saturated heterocycles. The number of hydrogen-bond acceptors (Lipinski definition) is 3. The lowest BCUT2D eigenvalue weighted by molar-refractivity contribution is 0.686. The molecule has 14 heavy (non-hydrogen) atoms. The molecule has 2 N–H and O–H groups in total. The van der Waals surface area contributed by atoms with E-state index in [-0.39, 0.29) is 0 Å². The highest BCUT2D eigenvalue weighted by molar-refractivity contribution is 5.50. The molecule has 0 bridgehead atoms. The van der Waals surface area contributed by atoms with Crippen molar-refractivity contribution in [3.05, 3.63) is 24.8 Å². The van der Waals surface area contributed by atoms with Crippen LogP contribution in [0.15, 0.2) is 24.8 Å². The van der Waals surface area contributed by atoms with E-state index >= 15 is 0 Å². The zero-order valence-electron chi connectivity index (χ0n) is 8.07. The number of imidazole rings is 1. The van der Waals surface area contributed by atoms with E-state index in [4.69, 9.17) is 0 Å². The van der Waals surface area contributed by atoms with E-state index in [0.29, 0.717) is 0 Å². The fourth-order valence-electron chi connectivity index (χ4n) is 1.30. The molecule has 0 aliphatic heterocycles. The molecule has 0 radical (unpaired) electrons. The minimum Gasteiger partial charge on any atom is -0.323 e. The molecule has 0 aromatic carbocycles. The first-order valence-electron chi connectivity index (χ1n) is 4.67. The van der Waals surface area contributed by atoms with Crippen molar-refractivity contribution in [3.63, 3.8) is 0 Å². The zero-order chi connectivity index (χ0) is 9.80. The second-order valence-electron chi connectivity index (χ2n) is 3.06. The third kappa shape index (κ3) is 1.76. The lowest BCUT2D eigenvalue weighted by Crippen LogP contribution is -2.01. The summed E-state index contributed by atoms with van der Waals surface area (Å²) in [4.78, 5) is 4.22. The van der Waals surface area contributed by atoms with E-state index in [1.807, 2.05) is 6.20 Å². The van der Waals surface area contributed by atoms with Crippen molar-refractivity contribution >= 4 is 11.6 Å². The highest BCUT2D eigenvalue weighted by Crippen LogP contribution is 2.12. The maximum atomic E-state index is 4.22. The van der Waals surface area contributed by atoms with Gasteiger partial charge in [-0.3, -0.25) is 5.10 Å². The number of aromatic nitrogens is 4. The summed E-state index contributed by atoms with van der Waals surface area (Å²) < 4.78 is 2.08. The van der Waals surface area contributed by atoms with Crippen LogP contribution in [0.3, 0.4) is 0 Å². The highest BCUT2D eigenvalue weighted by Gasteiger charge is 2.01. The normalized spacial score (nSPS) is 10.4. The first kappa shape index (κ1) is 8.80. The lowest BCUT2D eigenvalue weighted by Gasteiger charge is -2.06. The molecule has 2 aromatic heterocycles. The van der Waals surface area contributed by atoms with Crippen molar-refractivity contribution in [3.8, 4) is 0 Å². The maximum absolute atomic E-state index is 4.22. The zero-order valence-corrected chi connectivity index (χ0v) is 8.07. The third-order valence-corrected chi connectivity index (χ3v) is 1.93. The van der Waals surface area contributed by atoms with Crippen LogP contribution in [0.1, 0.15) is 13.3 Å². The molecule has 2 heterocycles. The number of nitrogens with zero attached hydrogens (tertiary/aromatic N) is 3. The van der Waals surface area contributed by atoms with Crippen molar-refractivity contribution in [1.29, 1.82) is 0 Å². The molecular formula is C9H13N5. The van der Waals surface area contributed by atoms with Gasteiger partial charge < -0.3 is 9.88 Å². The quantitative estimate of drug-likeness (QED) is 0.774. The number of rotatable bonds is 4. The van der Waals surface area contributed by atoms with Gasteiger partial charge in [-0.1, -0.05) is 6.92 Å². The van der Waals surface area contributed by atoms with Gasteiger partial charge in [0.2, 0.25) is 5.95 Å². The molecule has 0 fully saturated rings. The van der Waals surface area contributed by atoms with E-state index in [1.54, 1.807) is 18.6 Å². The van der Waals surface area contributed by atoms with Gasteiger partial charge in [-0.05, 0) is 6.42 Å². The van der Waals surface area contributed by atoms with Crippen LogP contribution in [0.4, 0.5) is 11.6 Å².